The van der Waals surface area contributed by atoms with E-state index >= 15 is 0 Å². The Kier molecular flexibility index (Phi) is 8.16. The van der Waals surface area contributed by atoms with E-state index in [0.29, 0.717) is 19.3 Å². The van der Waals surface area contributed by atoms with Gasteiger partial charge in [0.2, 0.25) is 0 Å². The number of aliphatic imine (C=N–C) groups is 1. The zero-order chi connectivity index (χ0) is 19.8. The molecule has 28 heavy (non-hydrogen) atoms. The van der Waals surface area contributed by atoms with Gasteiger partial charge in [-0.1, -0.05) is 38.1 Å². The molecule has 1 aromatic rings. The molecule has 2 heterocycles. The van der Waals surface area contributed by atoms with E-state index in [-0.39, 0.29) is 0 Å². The standard InChI is InChI=1S/C23H37N3O2/c1-4-24-23(26-15-18(2)12-19(3)16-26)25-14-20-6-5-7-21(13-20)17-28-22-8-10-27-11-9-22/h5-7,13,18-19,22H,4,8-12,14-17H2,1-3H3,(H,24,25). The highest BCUT2D eigenvalue weighted by Gasteiger charge is 2.24. The van der Waals surface area contributed by atoms with Crippen LogP contribution in [0.25, 0.3) is 0 Å². The lowest BCUT2D eigenvalue weighted by molar-refractivity contribution is -0.0390. The summed E-state index contributed by atoms with van der Waals surface area (Å²) in [5, 5.41) is 3.49. The molecule has 1 aromatic carbocycles. The van der Waals surface area contributed by atoms with Gasteiger partial charge in [0.15, 0.2) is 5.96 Å². The fraction of sp³-hybridized carbons (Fsp3) is 0.696. The highest BCUT2D eigenvalue weighted by Crippen LogP contribution is 2.21. The van der Waals surface area contributed by atoms with Gasteiger partial charge >= 0.3 is 0 Å². The molecule has 2 unspecified atom stereocenters. The van der Waals surface area contributed by atoms with E-state index in [1.54, 1.807) is 0 Å². The van der Waals surface area contributed by atoms with Gasteiger partial charge in [0, 0.05) is 32.8 Å². The molecule has 2 aliphatic heterocycles. The molecule has 0 aromatic heterocycles. The fourth-order valence-corrected chi connectivity index (χ4v) is 4.30. The van der Waals surface area contributed by atoms with E-state index in [1.165, 1.54) is 17.5 Å². The van der Waals surface area contributed by atoms with Crippen LogP contribution in [0, 0.1) is 11.8 Å². The predicted octanol–water partition coefficient (Wildman–Crippen LogP) is 3.83. The summed E-state index contributed by atoms with van der Waals surface area (Å²) in [4.78, 5) is 7.37. The van der Waals surface area contributed by atoms with Gasteiger partial charge < -0.3 is 19.7 Å². The van der Waals surface area contributed by atoms with Crippen LogP contribution < -0.4 is 5.32 Å². The molecule has 5 nitrogen and oxygen atoms in total. The lowest BCUT2D eigenvalue weighted by Crippen LogP contribution is -2.48. The topological polar surface area (TPSA) is 46.1 Å². The summed E-state index contributed by atoms with van der Waals surface area (Å²) in [6, 6.07) is 8.65. The van der Waals surface area contributed by atoms with Crippen LogP contribution in [0.3, 0.4) is 0 Å². The molecule has 2 atom stereocenters. The van der Waals surface area contributed by atoms with Crippen LogP contribution in [-0.4, -0.2) is 49.8 Å². The van der Waals surface area contributed by atoms with Crippen molar-refractivity contribution < 1.29 is 9.47 Å². The summed E-state index contributed by atoms with van der Waals surface area (Å²) >= 11 is 0. The van der Waals surface area contributed by atoms with Gasteiger partial charge in [-0.15, -0.1) is 0 Å². The molecule has 0 radical (unpaired) electrons. The molecule has 2 saturated heterocycles. The van der Waals surface area contributed by atoms with Gasteiger partial charge in [-0.05, 0) is 49.1 Å². The Morgan fingerprint density at radius 1 is 1.18 bits per heavy atom. The van der Waals surface area contributed by atoms with Crippen LogP contribution in [0.15, 0.2) is 29.3 Å². The van der Waals surface area contributed by atoms with Gasteiger partial charge in [0.05, 0.1) is 19.3 Å². The zero-order valence-corrected chi connectivity index (χ0v) is 17.8. The number of rotatable bonds is 6. The maximum Gasteiger partial charge on any atom is 0.194 e. The maximum atomic E-state index is 6.07. The number of ether oxygens (including phenoxy) is 2. The lowest BCUT2D eigenvalue weighted by Gasteiger charge is -2.37. The predicted molar refractivity (Wildman–Crippen MR) is 114 cm³/mol. The average Bonchev–Trinajstić information content (AvgIpc) is 2.70. The van der Waals surface area contributed by atoms with Gasteiger partial charge in [-0.25, -0.2) is 4.99 Å². The van der Waals surface area contributed by atoms with Crippen molar-refractivity contribution in [3.63, 3.8) is 0 Å². The van der Waals surface area contributed by atoms with Crippen molar-refractivity contribution in [2.45, 2.75) is 59.3 Å². The maximum absolute atomic E-state index is 6.07. The molecular formula is C23H37N3O2. The molecule has 2 fully saturated rings. The summed E-state index contributed by atoms with van der Waals surface area (Å²) in [6.07, 6.45) is 3.65. The zero-order valence-electron chi connectivity index (χ0n) is 17.8. The Labute approximate surface area is 170 Å². The van der Waals surface area contributed by atoms with Crippen LogP contribution >= 0.6 is 0 Å². The SMILES string of the molecule is CCNC(=NCc1cccc(COC2CCOCC2)c1)N1CC(C)CC(C)C1. The minimum absolute atomic E-state index is 0.332. The molecule has 3 rings (SSSR count). The van der Waals surface area contributed by atoms with Crippen molar-refractivity contribution in [2.24, 2.45) is 16.8 Å². The first kappa shape index (κ1) is 21.1. The van der Waals surface area contributed by atoms with Gasteiger partial charge in [-0.3, -0.25) is 0 Å². The van der Waals surface area contributed by atoms with Gasteiger partial charge in [0.1, 0.15) is 0 Å². The van der Waals surface area contributed by atoms with E-state index in [4.69, 9.17) is 14.5 Å². The van der Waals surface area contributed by atoms with Crippen LogP contribution in [0.2, 0.25) is 0 Å². The molecule has 156 valence electrons. The first-order valence-corrected chi connectivity index (χ1v) is 10.9. The number of guanidine groups is 1. The third-order valence-corrected chi connectivity index (χ3v) is 5.56. The average molecular weight is 388 g/mol. The normalized spacial score (nSPS) is 24.4. The fourth-order valence-electron chi connectivity index (χ4n) is 4.30. The van der Waals surface area contributed by atoms with E-state index in [2.05, 4.69) is 55.3 Å². The Bertz CT molecular complexity index is 618. The van der Waals surface area contributed by atoms with E-state index in [9.17, 15) is 0 Å². The van der Waals surface area contributed by atoms with Crippen LogP contribution in [0.5, 0.6) is 0 Å². The Morgan fingerprint density at radius 2 is 1.89 bits per heavy atom. The Balaban J connectivity index is 1.59. The highest BCUT2D eigenvalue weighted by molar-refractivity contribution is 5.80. The highest BCUT2D eigenvalue weighted by atomic mass is 16.5. The van der Waals surface area contributed by atoms with Gasteiger partial charge in [0.25, 0.3) is 0 Å². The quantitative estimate of drug-likeness (QED) is 0.595. The molecule has 1 N–H and O–H groups in total. The van der Waals surface area contributed by atoms with Crippen LogP contribution in [0.4, 0.5) is 0 Å². The van der Waals surface area contributed by atoms with E-state index in [0.717, 1.165) is 63.5 Å². The molecule has 0 saturated carbocycles. The first-order chi connectivity index (χ1) is 13.6. The third kappa shape index (κ3) is 6.49. The number of nitrogens with one attached hydrogen (secondary N) is 1. The molecule has 0 spiro atoms. The largest absolute Gasteiger partial charge is 0.381 e. The third-order valence-electron chi connectivity index (χ3n) is 5.56. The summed E-state index contributed by atoms with van der Waals surface area (Å²) in [5.74, 6) is 2.49. The molecule has 2 aliphatic rings. The number of hydrogen-bond donors (Lipinski definition) is 1. The second-order valence-corrected chi connectivity index (χ2v) is 8.46. The summed E-state index contributed by atoms with van der Waals surface area (Å²) < 4.78 is 11.5. The smallest absolute Gasteiger partial charge is 0.194 e. The first-order valence-electron chi connectivity index (χ1n) is 10.9. The minimum Gasteiger partial charge on any atom is -0.381 e. The number of likely N-dealkylation sites (tertiary alicyclic amines) is 1. The number of hydrogen-bond acceptors (Lipinski definition) is 3. The van der Waals surface area contributed by atoms with Crippen molar-refractivity contribution in [1.82, 2.24) is 10.2 Å². The van der Waals surface area contributed by atoms with Crippen molar-refractivity contribution in [3.05, 3.63) is 35.4 Å². The summed E-state index contributed by atoms with van der Waals surface area (Å²) in [6.45, 7) is 12.9. The molecule has 0 bridgehead atoms. The molecule has 0 amide bonds. The van der Waals surface area contributed by atoms with Gasteiger partial charge in [-0.2, -0.15) is 0 Å². The van der Waals surface area contributed by atoms with Crippen molar-refractivity contribution in [1.29, 1.82) is 0 Å². The number of benzene rings is 1. The Hall–Kier alpha value is -1.59. The van der Waals surface area contributed by atoms with Crippen LogP contribution in [-0.2, 0) is 22.6 Å². The Morgan fingerprint density at radius 3 is 2.61 bits per heavy atom. The second-order valence-electron chi connectivity index (χ2n) is 8.46. The lowest BCUT2D eigenvalue weighted by atomic mass is 9.92. The minimum atomic E-state index is 0.332. The van der Waals surface area contributed by atoms with Crippen LogP contribution in [0.1, 0.15) is 51.2 Å². The van der Waals surface area contributed by atoms with E-state index < -0.39 is 0 Å². The van der Waals surface area contributed by atoms with Crippen molar-refractivity contribution in [3.8, 4) is 0 Å². The molecular weight excluding hydrogens is 350 g/mol. The monoisotopic (exact) mass is 387 g/mol. The summed E-state index contributed by atoms with van der Waals surface area (Å²) in [7, 11) is 0. The van der Waals surface area contributed by atoms with E-state index in [1.807, 2.05) is 0 Å². The second kappa shape index (κ2) is 10.8. The van der Waals surface area contributed by atoms with Crippen molar-refractivity contribution >= 4 is 5.96 Å². The number of piperidine rings is 1. The molecule has 0 aliphatic carbocycles. The molecule has 5 heteroatoms. The van der Waals surface area contributed by atoms with Crippen molar-refractivity contribution in [2.75, 3.05) is 32.8 Å². The summed E-state index contributed by atoms with van der Waals surface area (Å²) in [5.41, 5.74) is 2.46. The number of nitrogens with zero attached hydrogens (tertiary/aromatic N) is 2.